The Hall–Kier alpha value is -2.05. The molecule has 0 atom stereocenters. The van der Waals surface area contributed by atoms with E-state index in [1.807, 2.05) is 49.9 Å². The lowest BCUT2D eigenvalue weighted by Crippen LogP contribution is -2.52. The number of oxazole rings is 1. The van der Waals surface area contributed by atoms with Crippen LogP contribution in [-0.4, -0.2) is 53.0 Å². The molecule has 3 rings (SSSR count). The van der Waals surface area contributed by atoms with Gasteiger partial charge >= 0.3 is 6.03 Å². The van der Waals surface area contributed by atoms with E-state index in [0.717, 1.165) is 49.7 Å². The summed E-state index contributed by atoms with van der Waals surface area (Å²) in [4.78, 5) is 20.9. The van der Waals surface area contributed by atoms with E-state index in [2.05, 4.69) is 15.2 Å². The summed E-state index contributed by atoms with van der Waals surface area (Å²) in [5, 5.41) is 3.61. The monoisotopic (exact) mass is 376 g/mol. The van der Waals surface area contributed by atoms with E-state index in [1.54, 1.807) is 0 Å². The molecule has 1 aromatic heterocycles. The fourth-order valence-corrected chi connectivity index (χ4v) is 3.17. The first kappa shape index (κ1) is 18.7. The van der Waals surface area contributed by atoms with Crippen molar-refractivity contribution in [3.8, 4) is 11.5 Å². The molecule has 0 radical (unpaired) electrons. The van der Waals surface area contributed by atoms with E-state index in [-0.39, 0.29) is 12.1 Å². The maximum absolute atomic E-state index is 12.1. The number of nitrogens with one attached hydrogen (secondary N) is 1. The molecule has 0 spiro atoms. The molecule has 0 aliphatic carbocycles. The van der Waals surface area contributed by atoms with Crippen LogP contribution in [0.3, 0.4) is 0 Å². The van der Waals surface area contributed by atoms with E-state index in [9.17, 15) is 4.79 Å². The van der Waals surface area contributed by atoms with Crippen molar-refractivity contribution in [1.29, 1.82) is 0 Å². The van der Waals surface area contributed by atoms with Gasteiger partial charge in [-0.15, -0.1) is 0 Å². The third kappa shape index (κ3) is 4.56. The quantitative estimate of drug-likeness (QED) is 0.886. The lowest BCUT2D eigenvalue weighted by Gasteiger charge is -2.34. The van der Waals surface area contributed by atoms with Crippen LogP contribution in [0.2, 0.25) is 5.02 Å². The number of carbonyl (C=O) groups excluding carboxylic acids is 1. The Morgan fingerprint density at radius 1 is 1.31 bits per heavy atom. The highest BCUT2D eigenvalue weighted by atomic mass is 35.5. The lowest BCUT2D eigenvalue weighted by molar-refractivity contribution is 0.133. The predicted molar refractivity (Wildman–Crippen MR) is 102 cm³/mol. The van der Waals surface area contributed by atoms with Crippen molar-refractivity contribution in [2.24, 2.45) is 0 Å². The number of urea groups is 1. The van der Waals surface area contributed by atoms with Crippen LogP contribution in [0, 0.1) is 6.92 Å². The third-order valence-corrected chi connectivity index (χ3v) is 4.64. The van der Waals surface area contributed by atoms with Gasteiger partial charge in [0.15, 0.2) is 0 Å². The second-order valence-corrected chi connectivity index (χ2v) is 7.34. The molecule has 1 N–H and O–H groups in total. The second-order valence-electron chi connectivity index (χ2n) is 6.90. The number of hydrogen-bond acceptors (Lipinski definition) is 4. The van der Waals surface area contributed by atoms with Crippen molar-refractivity contribution in [2.75, 3.05) is 26.2 Å². The van der Waals surface area contributed by atoms with Gasteiger partial charge < -0.3 is 14.6 Å². The number of benzene rings is 1. The average molecular weight is 377 g/mol. The zero-order chi connectivity index (χ0) is 18.7. The smallest absolute Gasteiger partial charge is 0.317 e. The summed E-state index contributed by atoms with van der Waals surface area (Å²) in [5.41, 5.74) is 1.81. The van der Waals surface area contributed by atoms with Crippen LogP contribution in [0.4, 0.5) is 4.79 Å². The zero-order valence-corrected chi connectivity index (χ0v) is 16.2. The molecule has 140 valence electrons. The number of halogens is 1. The van der Waals surface area contributed by atoms with Gasteiger partial charge in [0.1, 0.15) is 5.76 Å². The van der Waals surface area contributed by atoms with Gasteiger partial charge in [-0.05, 0) is 39.0 Å². The highest BCUT2D eigenvalue weighted by molar-refractivity contribution is 6.30. The highest BCUT2D eigenvalue weighted by Crippen LogP contribution is 2.25. The molecule has 1 fully saturated rings. The average Bonchev–Trinajstić information content (AvgIpc) is 2.96. The van der Waals surface area contributed by atoms with Crippen LogP contribution < -0.4 is 5.32 Å². The Labute approximate surface area is 159 Å². The van der Waals surface area contributed by atoms with Crippen molar-refractivity contribution in [2.45, 2.75) is 33.4 Å². The molecule has 1 saturated heterocycles. The van der Waals surface area contributed by atoms with Crippen molar-refractivity contribution < 1.29 is 9.21 Å². The van der Waals surface area contributed by atoms with Crippen LogP contribution in [0.25, 0.3) is 11.5 Å². The molecule has 2 heterocycles. The molecule has 1 aliphatic rings. The van der Waals surface area contributed by atoms with Gasteiger partial charge in [-0.1, -0.05) is 17.7 Å². The molecule has 0 saturated carbocycles. The molecule has 2 aromatic rings. The number of piperazine rings is 1. The standard InChI is InChI=1S/C19H25ClN4O2/c1-13(2)21-19(25)24-9-7-23(8-10-24)12-17-14(3)26-18(22-17)15-5-4-6-16(20)11-15/h4-6,11,13H,7-10,12H2,1-3H3,(H,21,25). The summed E-state index contributed by atoms with van der Waals surface area (Å²) >= 11 is 6.05. The number of amides is 2. The van der Waals surface area contributed by atoms with E-state index in [0.29, 0.717) is 10.9 Å². The molecule has 1 aliphatic heterocycles. The van der Waals surface area contributed by atoms with Gasteiger partial charge in [0.05, 0.1) is 5.69 Å². The van der Waals surface area contributed by atoms with Gasteiger partial charge in [0, 0.05) is 49.4 Å². The van der Waals surface area contributed by atoms with Crippen LogP contribution in [0.5, 0.6) is 0 Å². The molecular formula is C19H25ClN4O2. The molecule has 0 bridgehead atoms. The molecular weight excluding hydrogens is 352 g/mol. The number of rotatable bonds is 4. The summed E-state index contributed by atoms with van der Waals surface area (Å²) in [6.45, 7) is 9.68. The summed E-state index contributed by atoms with van der Waals surface area (Å²) in [5.74, 6) is 1.41. The van der Waals surface area contributed by atoms with Crippen LogP contribution in [-0.2, 0) is 6.54 Å². The number of nitrogens with zero attached hydrogens (tertiary/aromatic N) is 3. The van der Waals surface area contributed by atoms with Crippen molar-refractivity contribution >= 4 is 17.6 Å². The summed E-state index contributed by atoms with van der Waals surface area (Å²) in [6.07, 6.45) is 0. The summed E-state index contributed by atoms with van der Waals surface area (Å²) in [6, 6.07) is 7.67. The number of aromatic nitrogens is 1. The first-order valence-electron chi connectivity index (χ1n) is 8.92. The Morgan fingerprint density at radius 3 is 2.69 bits per heavy atom. The summed E-state index contributed by atoms with van der Waals surface area (Å²) < 4.78 is 5.83. The maximum Gasteiger partial charge on any atom is 0.317 e. The van der Waals surface area contributed by atoms with Crippen LogP contribution in [0.1, 0.15) is 25.3 Å². The minimum Gasteiger partial charge on any atom is -0.441 e. The second kappa shape index (κ2) is 8.10. The highest BCUT2D eigenvalue weighted by Gasteiger charge is 2.23. The largest absolute Gasteiger partial charge is 0.441 e. The van der Waals surface area contributed by atoms with E-state index in [1.165, 1.54) is 0 Å². The van der Waals surface area contributed by atoms with E-state index < -0.39 is 0 Å². The fraction of sp³-hybridized carbons (Fsp3) is 0.474. The van der Waals surface area contributed by atoms with Crippen molar-refractivity contribution in [3.63, 3.8) is 0 Å². The van der Waals surface area contributed by atoms with Gasteiger partial charge in [-0.25, -0.2) is 9.78 Å². The van der Waals surface area contributed by atoms with Crippen LogP contribution >= 0.6 is 11.6 Å². The first-order valence-corrected chi connectivity index (χ1v) is 9.30. The zero-order valence-electron chi connectivity index (χ0n) is 15.5. The predicted octanol–water partition coefficient (Wildman–Crippen LogP) is 3.54. The van der Waals surface area contributed by atoms with Crippen molar-refractivity contribution in [3.05, 3.63) is 40.7 Å². The Balaban J connectivity index is 1.60. The minimum atomic E-state index is 0.0144. The normalized spacial score (nSPS) is 15.5. The molecule has 1 aromatic carbocycles. The molecule has 7 heteroatoms. The van der Waals surface area contributed by atoms with Gasteiger partial charge in [0.2, 0.25) is 5.89 Å². The third-order valence-electron chi connectivity index (χ3n) is 4.41. The Morgan fingerprint density at radius 2 is 2.04 bits per heavy atom. The van der Waals surface area contributed by atoms with Crippen molar-refractivity contribution in [1.82, 2.24) is 20.1 Å². The van der Waals surface area contributed by atoms with Gasteiger partial charge in [0.25, 0.3) is 0 Å². The number of aryl methyl sites for hydroxylation is 1. The Bertz CT molecular complexity index is 767. The minimum absolute atomic E-state index is 0.0144. The molecule has 6 nitrogen and oxygen atoms in total. The lowest BCUT2D eigenvalue weighted by atomic mass is 10.2. The van der Waals surface area contributed by atoms with Gasteiger partial charge in [-0.2, -0.15) is 0 Å². The topological polar surface area (TPSA) is 61.6 Å². The SMILES string of the molecule is Cc1oc(-c2cccc(Cl)c2)nc1CN1CCN(C(=O)NC(C)C)CC1. The maximum atomic E-state index is 12.1. The Kier molecular flexibility index (Phi) is 5.84. The van der Waals surface area contributed by atoms with E-state index in [4.69, 9.17) is 16.0 Å². The number of hydrogen-bond donors (Lipinski definition) is 1. The number of carbonyl (C=O) groups is 1. The first-order chi connectivity index (χ1) is 12.4. The fourth-order valence-electron chi connectivity index (χ4n) is 2.98. The van der Waals surface area contributed by atoms with Crippen LogP contribution in [0.15, 0.2) is 28.7 Å². The molecule has 26 heavy (non-hydrogen) atoms. The van der Waals surface area contributed by atoms with E-state index >= 15 is 0 Å². The molecule has 2 amide bonds. The summed E-state index contributed by atoms with van der Waals surface area (Å²) in [7, 11) is 0. The van der Waals surface area contributed by atoms with Gasteiger partial charge in [-0.3, -0.25) is 4.90 Å². The molecule has 0 unspecified atom stereocenters.